The monoisotopic (exact) mass is 184 g/mol. The summed E-state index contributed by atoms with van der Waals surface area (Å²) in [6, 6.07) is 0.109. The van der Waals surface area contributed by atoms with Gasteiger partial charge >= 0.3 is 0 Å². The van der Waals surface area contributed by atoms with Crippen molar-refractivity contribution in [3.63, 3.8) is 0 Å². The molecule has 1 amide bonds. The molecule has 2 aliphatic rings. The Morgan fingerprint density at radius 1 is 1.38 bits per heavy atom. The Morgan fingerprint density at radius 3 is 2.85 bits per heavy atom. The zero-order valence-corrected chi connectivity index (χ0v) is 7.79. The first kappa shape index (κ1) is 8.97. The summed E-state index contributed by atoms with van der Waals surface area (Å²) < 4.78 is 5.25. The van der Waals surface area contributed by atoms with Crippen molar-refractivity contribution in [1.29, 1.82) is 0 Å². The highest BCUT2D eigenvalue weighted by atomic mass is 16.5. The summed E-state index contributed by atoms with van der Waals surface area (Å²) in [4.78, 5) is 13.7. The average molecular weight is 184 g/mol. The lowest BCUT2D eigenvalue weighted by Crippen LogP contribution is -2.53. The number of rotatable bonds is 1. The van der Waals surface area contributed by atoms with Crippen LogP contribution in [0, 0.1) is 0 Å². The second-order valence-corrected chi connectivity index (χ2v) is 3.60. The van der Waals surface area contributed by atoms with Crippen LogP contribution >= 0.6 is 0 Å². The smallest absolute Gasteiger partial charge is 0.237 e. The fourth-order valence-electron chi connectivity index (χ4n) is 1.99. The van der Waals surface area contributed by atoms with E-state index in [0.717, 1.165) is 45.7 Å². The molecule has 1 N–H and O–H groups in total. The van der Waals surface area contributed by atoms with E-state index >= 15 is 0 Å². The Labute approximate surface area is 78.2 Å². The van der Waals surface area contributed by atoms with Crippen LogP contribution in [-0.4, -0.2) is 49.7 Å². The Kier molecular flexibility index (Phi) is 2.80. The topological polar surface area (TPSA) is 41.6 Å². The molecular weight excluding hydrogens is 168 g/mol. The summed E-state index contributed by atoms with van der Waals surface area (Å²) >= 11 is 0. The van der Waals surface area contributed by atoms with Gasteiger partial charge in [-0.05, 0) is 12.8 Å². The van der Waals surface area contributed by atoms with Crippen LogP contribution in [0.4, 0.5) is 0 Å². The van der Waals surface area contributed by atoms with Gasteiger partial charge in [0.1, 0.15) is 0 Å². The molecule has 74 valence electrons. The van der Waals surface area contributed by atoms with E-state index in [4.69, 9.17) is 4.74 Å². The molecule has 4 heteroatoms. The van der Waals surface area contributed by atoms with E-state index in [1.165, 1.54) is 0 Å². The van der Waals surface area contributed by atoms with Crippen LogP contribution in [0.25, 0.3) is 0 Å². The molecule has 13 heavy (non-hydrogen) atoms. The minimum absolute atomic E-state index is 0.109. The van der Waals surface area contributed by atoms with E-state index in [-0.39, 0.29) is 11.9 Å². The second-order valence-electron chi connectivity index (χ2n) is 3.60. The quantitative estimate of drug-likeness (QED) is 0.603. The van der Waals surface area contributed by atoms with Gasteiger partial charge in [0.05, 0.1) is 19.3 Å². The number of morpholine rings is 1. The van der Waals surface area contributed by atoms with Crippen LogP contribution in [0.5, 0.6) is 0 Å². The molecule has 0 bridgehead atoms. The Balaban J connectivity index is 1.92. The maximum Gasteiger partial charge on any atom is 0.237 e. The highest BCUT2D eigenvalue weighted by Crippen LogP contribution is 2.12. The SMILES string of the molecule is O=C1NCCCC1N1CCOCC1. The van der Waals surface area contributed by atoms with Gasteiger partial charge in [0, 0.05) is 19.6 Å². The van der Waals surface area contributed by atoms with E-state index in [2.05, 4.69) is 10.2 Å². The molecule has 1 unspecified atom stereocenters. The molecule has 2 aliphatic heterocycles. The van der Waals surface area contributed by atoms with Gasteiger partial charge < -0.3 is 10.1 Å². The number of ether oxygens (including phenoxy) is 1. The van der Waals surface area contributed by atoms with E-state index in [9.17, 15) is 4.79 Å². The van der Waals surface area contributed by atoms with Gasteiger partial charge in [0.25, 0.3) is 0 Å². The molecule has 0 aromatic carbocycles. The van der Waals surface area contributed by atoms with Crippen molar-refractivity contribution in [3.8, 4) is 0 Å². The Hall–Kier alpha value is -0.610. The third-order valence-corrected chi connectivity index (χ3v) is 2.74. The van der Waals surface area contributed by atoms with Crippen LogP contribution in [-0.2, 0) is 9.53 Å². The van der Waals surface area contributed by atoms with Crippen LogP contribution < -0.4 is 5.32 Å². The van der Waals surface area contributed by atoms with Gasteiger partial charge in [0.2, 0.25) is 5.91 Å². The van der Waals surface area contributed by atoms with Crippen molar-refractivity contribution in [2.45, 2.75) is 18.9 Å². The molecular formula is C9H16N2O2. The minimum Gasteiger partial charge on any atom is -0.379 e. The zero-order chi connectivity index (χ0) is 9.10. The number of nitrogens with zero attached hydrogens (tertiary/aromatic N) is 1. The molecule has 2 fully saturated rings. The molecule has 0 spiro atoms. The largest absolute Gasteiger partial charge is 0.379 e. The first-order valence-electron chi connectivity index (χ1n) is 4.97. The average Bonchev–Trinajstić information content (AvgIpc) is 2.20. The van der Waals surface area contributed by atoms with E-state index in [1.54, 1.807) is 0 Å². The highest BCUT2D eigenvalue weighted by molar-refractivity contribution is 5.82. The molecule has 0 aliphatic carbocycles. The lowest BCUT2D eigenvalue weighted by Gasteiger charge is -2.35. The van der Waals surface area contributed by atoms with Gasteiger partial charge in [-0.25, -0.2) is 0 Å². The van der Waals surface area contributed by atoms with Crippen molar-refractivity contribution in [2.24, 2.45) is 0 Å². The van der Waals surface area contributed by atoms with Gasteiger partial charge in [-0.15, -0.1) is 0 Å². The maximum atomic E-state index is 11.5. The summed E-state index contributed by atoms with van der Waals surface area (Å²) in [5.41, 5.74) is 0. The van der Waals surface area contributed by atoms with Crippen molar-refractivity contribution >= 4 is 5.91 Å². The molecule has 0 aromatic rings. The predicted octanol–water partition coefficient (Wildman–Crippen LogP) is -0.403. The van der Waals surface area contributed by atoms with E-state index in [0.29, 0.717) is 0 Å². The molecule has 2 saturated heterocycles. The number of hydrogen-bond donors (Lipinski definition) is 1. The molecule has 0 aromatic heterocycles. The molecule has 0 saturated carbocycles. The fourth-order valence-corrected chi connectivity index (χ4v) is 1.99. The van der Waals surface area contributed by atoms with Gasteiger partial charge in [-0.3, -0.25) is 9.69 Å². The maximum absolute atomic E-state index is 11.5. The number of carbonyl (C=O) groups excluding carboxylic acids is 1. The summed E-state index contributed by atoms with van der Waals surface area (Å²) in [7, 11) is 0. The Bertz CT molecular complexity index is 190. The van der Waals surface area contributed by atoms with Gasteiger partial charge in [-0.2, -0.15) is 0 Å². The lowest BCUT2D eigenvalue weighted by molar-refractivity contribution is -0.130. The van der Waals surface area contributed by atoms with Crippen LogP contribution in [0.3, 0.4) is 0 Å². The fraction of sp³-hybridized carbons (Fsp3) is 0.889. The highest BCUT2D eigenvalue weighted by Gasteiger charge is 2.28. The standard InChI is InChI=1S/C9H16N2O2/c12-9-8(2-1-3-10-9)11-4-6-13-7-5-11/h8H,1-7H2,(H,10,12). The van der Waals surface area contributed by atoms with Gasteiger partial charge in [0.15, 0.2) is 0 Å². The number of nitrogens with one attached hydrogen (secondary N) is 1. The second kappa shape index (κ2) is 4.07. The summed E-state index contributed by atoms with van der Waals surface area (Å²) in [5, 5.41) is 2.91. The van der Waals surface area contributed by atoms with Crippen molar-refractivity contribution in [1.82, 2.24) is 10.2 Å². The van der Waals surface area contributed by atoms with Crippen LogP contribution in [0.1, 0.15) is 12.8 Å². The van der Waals surface area contributed by atoms with E-state index in [1.807, 2.05) is 0 Å². The number of hydrogen-bond acceptors (Lipinski definition) is 3. The van der Waals surface area contributed by atoms with Crippen LogP contribution in [0.15, 0.2) is 0 Å². The van der Waals surface area contributed by atoms with Gasteiger partial charge in [-0.1, -0.05) is 0 Å². The Morgan fingerprint density at radius 2 is 2.15 bits per heavy atom. The normalized spacial score (nSPS) is 31.4. The lowest BCUT2D eigenvalue weighted by atomic mass is 10.0. The van der Waals surface area contributed by atoms with Crippen LogP contribution in [0.2, 0.25) is 0 Å². The summed E-state index contributed by atoms with van der Waals surface area (Å²) in [6.07, 6.45) is 2.11. The van der Waals surface area contributed by atoms with Crippen molar-refractivity contribution in [3.05, 3.63) is 0 Å². The van der Waals surface area contributed by atoms with Crippen molar-refractivity contribution < 1.29 is 9.53 Å². The number of carbonyl (C=O) groups is 1. The molecule has 1 atom stereocenters. The molecule has 2 heterocycles. The summed E-state index contributed by atoms with van der Waals surface area (Å²) in [5.74, 6) is 0.202. The molecule has 4 nitrogen and oxygen atoms in total. The number of amides is 1. The third kappa shape index (κ3) is 2.00. The van der Waals surface area contributed by atoms with E-state index < -0.39 is 0 Å². The third-order valence-electron chi connectivity index (χ3n) is 2.74. The molecule has 2 rings (SSSR count). The first-order chi connectivity index (χ1) is 6.38. The first-order valence-corrected chi connectivity index (χ1v) is 4.97. The zero-order valence-electron chi connectivity index (χ0n) is 7.79. The number of piperidine rings is 1. The van der Waals surface area contributed by atoms with Crippen molar-refractivity contribution in [2.75, 3.05) is 32.8 Å². The predicted molar refractivity (Wildman–Crippen MR) is 48.4 cm³/mol. The minimum atomic E-state index is 0.109. The molecule has 0 radical (unpaired) electrons. The summed E-state index contributed by atoms with van der Waals surface area (Å²) in [6.45, 7) is 4.18.